The largest absolute Gasteiger partial charge is 0.416 e. The Morgan fingerprint density at radius 1 is 1.20 bits per heavy atom. The fourth-order valence-corrected chi connectivity index (χ4v) is 4.00. The van der Waals surface area contributed by atoms with Crippen molar-refractivity contribution in [1.29, 1.82) is 0 Å². The molecule has 3 aromatic rings. The number of benzene rings is 1. The SMILES string of the molecule is CCN(CC)CCCC=Nc1nc2cc(C(F)(F)F)cc(Cl)c2nc1-c1cccs1. The summed E-state index contributed by atoms with van der Waals surface area (Å²) in [5.41, 5.74) is -0.0366. The normalized spacial score (nSPS) is 12.5. The van der Waals surface area contributed by atoms with Crippen LogP contribution in [0.4, 0.5) is 19.0 Å². The molecule has 30 heavy (non-hydrogen) atoms. The van der Waals surface area contributed by atoms with Gasteiger partial charge in [0.25, 0.3) is 0 Å². The van der Waals surface area contributed by atoms with Gasteiger partial charge in [0, 0.05) is 6.21 Å². The molecule has 160 valence electrons. The first-order valence-corrected chi connectivity index (χ1v) is 11.0. The zero-order valence-corrected chi connectivity index (χ0v) is 18.3. The fraction of sp³-hybridized carbons (Fsp3) is 0.381. The standard InChI is InChI=1S/C21H22ClF3N4S/c1-3-29(4-2)10-6-5-9-26-20-19(17-8-7-11-30-17)28-18-15(22)12-14(21(23,24)25)13-16(18)27-20/h7-9,11-13H,3-6,10H2,1-2H3. The van der Waals surface area contributed by atoms with Crippen molar-refractivity contribution in [3.8, 4) is 10.6 Å². The van der Waals surface area contributed by atoms with Gasteiger partial charge in [-0.1, -0.05) is 31.5 Å². The van der Waals surface area contributed by atoms with Gasteiger partial charge in [-0.2, -0.15) is 13.2 Å². The zero-order valence-electron chi connectivity index (χ0n) is 16.7. The van der Waals surface area contributed by atoms with Gasteiger partial charge in [0.05, 0.1) is 21.0 Å². The van der Waals surface area contributed by atoms with Crippen molar-refractivity contribution in [2.75, 3.05) is 19.6 Å². The summed E-state index contributed by atoms with van der Waals surface area (Å²) in [5.74, 6) is 0.295. The number of fused-ring (bicyclic) bond motifs is 1. The van der Waals surface area contributed by atoms with Gasteiger partial charge in [0.15, 0.2) is 5.82 Å². The Hall–Kier alpha value is -2.03. The van der Waals surface area contributed by atoms with E-state index >= 15 is 0 Å². The van der Waals surface area contributed by atoms with E-state index in [9.17, 15) is 13.2 Å². The minimum absolute atomic E-state index is 0.0745. The minimum Gasteiger partial charge on any atom is -0.304 e. The molecule has 0 radical (unpaired) electrons. The predicted octanol–water partition coefficient (Wildman–Crippen LogP) is 6.85. The number of aromatic nitrogens is 2. The summed E-state index contributed by atoms with van der Waals surface area (Å²) in [7, 11) is 0. The molecule has 0 N–H and O–H groups in total. The molecule has 0 saturated carbocycles. The van der Waals surface area contributed by atoms with Gasteiger partial charge < -0.3 is 4.90 Å². The van der Waals surface area contributed by atoms with Crippen molar-refractivity contribution in [2.45, 2.75) is 32.9 Å². The molecule has 4 nitrogen and oxygen atoms in total. The molecule has 0 aliphatic heterocycles. The van der Waals surface area contributed by atoms with Crippen molar-refractivity contribution in [3.05, 3.63) is 40.2 Å². The summed E-state index contributed by atoms with van der Waals surface area (Å²) in [6, 6.07) is 5.59. The van der Waals surface area contributed by atoms with Crippen LogP contribution < -0.4 is 0 Å². The lowest BCUT2D eigenvalue weighted by atomic mass is 10.1. The molecule has 0 spiro atoms. The van der Waals surface area contributed by atoms with E-state index in [0.717, 1.165) is 49.5 Å². The number of thiophene rings is 1. The van der Waals surface area contributed by atoms with E-state index in [1.54, 1.807) is 6.21 Å². The van der Waals surface area contributed by atoms with Crippen molar-refractivity contribution in [1.82, 2.24) is 14.9 Å². The van der Waals surface area contributed by atoms with E-state index in [-0.39, 0.29) is 16.1 Å². The van der Waals surface area contributed by atoms with E-state index in [1.165, 1.54) is 11.3 Å². The number of unbranched alkanes of at least 4 members (excludes halogenated alkanes) is 1. The van der Waals surface area contributed by atoms with Gasteiger partial charge in [-0.15, -0.1) is 11.3 Å². The number of hydrogen-bond acceptors (Lipinski definition) is 5. The van der Waals surface area contributed by atoms with Crippen LogP contribution in [-0.2, 0) is 6.18 Å². The van der Waals surface area contributed by atoms with Crippen LogP contribution >= 0.6 is 22.9 Å². The summed E-state index contributed by atoms with van der Waals surface area (Å²) in [5, 5.41) is 1.81. The average Bonchev–Trinajstić information content (AvgIpc) is 3.24. The highest BCUT2D eigenvalue weighted by atomic mass is 35.5. The van der Waals surface area contributed by atoms with Crippen molar-refractivity contribution < 1.29 is 13.2 Å². The Balaban J connectivity index is 1.96. The van der Waals surface area contributed by atoms with Crippen LogP contribution in [0.5, 0.6) is 0 Å². The van der Waals surface area contributed by atoms with Crippen LogP contribution in [0.25, 0.3) is 21.6 Å². The van der Waals surface area contributed by atoms with Crippen LogP contribution in [-0.4, -0.2) is 40.7 Å². The number of rotatable bonds is 8. The van der Waals surface area contributed by atoms with Gasteiger partial charge in [0.2, 0.25) is 0 Å². The highest BCUT2D eigenvalue weighted by Crippen LogP contribution is 2.37. The molecule has 9 heteroatoms. The first-order chi connectivity index (χ1) is 14.3. The lowest BCUT2D eigenvalue weighted by Crippen LogP contribution is -2.23. The molecule has 1 aromatic carbocycles. The van der Waals surface area contributed by atoms with E-state index in [0.29, 0.717) is 11.5 Å². The first kappa shape index (κ1) is 22.7. The Morgan fingerprint density at radius 3 is 2.60 bits per heavy atom. The molecule has 0 atom stereocenters. The van der Waals surface area contributed by atoms with Crippen molar-refractivity contribution in [3.63, 3.8) is 0 Å². The Morgan fingerprint density at radius 2 is 1.97 bits per heavy atom. The van der Waals surface area contributed by atoms with Gasteiger partial charge in [-0.05, 0) is 56.1 Å². The topological polar surface area (TPSA) is 41.4 Å². The van der Waals surface area contributed by atoms with Crippen LogP contribution in [0.1, 0.15) is 32.3 Å². The second-order valence-corrected chi connectivity index (χ2v) is 8.03. The molecule has 0 amide bonds. The van der Waals surface area contributed by atoms with Gasteiger partial charge in [-0.3, -0.25) is 0 Å². The Bertz CT molecular complexity index is 1020. The van der Waals surface area contributed by atoms with Crippen molar-refractivity contribution in [2.24, 2.45) is 4.99 Å². The summed E-state index contributed by atoms with van der Waals surface area (Å²) in [4.78, 5) is 16.5. The molecule has 0 bridgehead atoms. The van der Waals surface area contributed by atoms with Gasteiger partial charge in [-0.25, -0.2) is 15.0 Å². The van der Waals surface area contributed by atoms with Crippen LogP contribution in [0.15, 0.2) is 34.6 Å². The summed E-state index contributed by atoms with van der Waals surface area (Å²) < 4.78 is 39.5. The maximum Gasteiger partial charge on any atom is 0.416 e. The fourth-order valence-electron chi connectivity index (χ4n) is 3.04. The maximum atomic E-state index is 13.2. The average molecular weight is 455 g/mol. The maximum absolute atomic E-state index is 13.2. The van der Waals surface area contributed by atoms with Crippen molar-refractivity contribution >= 4 is 46.0 Å². The van der Waals surface area contributed by atoms with E-state index in [4.69, 9.17) is 11.6 Å². The number of hydrogen-bond donors (Lipinski definition) is 0. The second kappa shape index (κ2) is 9.85. The molecular weight excluding hydrogens is 433 g/mol. The second-order valence-electron chi connectivity index (χ2n) is 6.68. The minimum atomic E-state index is -4.51. The molecule has 0 aliphatic carbocycles. The van der Waals surface area contributed by atoms with Gasteiger partial charge >= 0.3 is 6.18 Å². The molecule has 0 saturated heterocycles. The number of aliphatic imine (C=N–C) groups is 1. The monoisotopic (exact) mass is 454 g/mol. The summed E-state index contributed by atoms with van der Waals surface area (Å²) >= 11 is 7.57. The number of alkyl halides is 3. The zero-order chi connectivity index (χ0) is 21.7. The summed E-state index contributed by atoms with van der Waals surface area (Å²) in [6.07, 6.45) is -1.08. The Kier molecular flexibility index (Phi) is 7.44. The molecule has 0 unspecified atom stereocenters. The molecule has 3 rings (SSSR count). The van der Waals surface area contributed by atoms with E-state index in [2.05, 4.69) is 33.7 Å². The van der Waals surface area contributed by atoms with Crippen LogP contribution in [0, 0.1) is 0 Å². The molecule has 0 fully saturated rings. The first-order valence-electron chi connectivity index (χ1n) is 9.70. The number of nitrogens with zero attached hydrogens (tertiary/aromatic N) is 4. The highest BCUT2D eigenvalue weighted by molar-refractivity contribution is 7.13. The van der Waals surface area contributed by atoms with Crippen LogP contribution in [0.2, 0.25) is 5.02 Å². The molecular formula is C21H22ClF3N4S. The quantitative estimate of drug-likeness (QED) is 0.276. The van der Waals surface area contributed by atoms with Crippen LogP contribution in [0.3, 0.4) is 0 Å². The molecule has 2 heterocycles. The predicted molar refractivity (Wildman–Crippen MR) is 118 cm³/mol. The number of halogens is 4. The summed E-state index contributed by atoms with van der Waals surface area (Å²) in [6.45, 7) is 7.19. The third kappa shape index (κ3) is 5.36. The highest BCUT2D eigenvalue weighted by Gasteiger charge is 2.32. The lowest BCUT2D eigenvalue weighted by Gasteiger charge is -2.16. The van der Waals surface area contributed by atoms with Gasteiger partial charge in [0.1, 0.15) is 11.2 Å². The lowest BCUT2D eigenvalue weighted by molar-refractivity contribution is -0.137. The molecule has 0 aliphatic rings. The van der Waals surface area contributed by atoms with E-state index < -0.39 is 11.7 Å². The van der Waals surface area contributed by atoms with E-state index in [1.807, 2.05) is 17.5 Å². The smallest absolute Gasteiger partial charge is 0.304 e. The third-order valence-electron chi connectivity index (χ3n) is 4.70. The Labute approximate surface area is 182 Å². The molecule has 2 aromatic heterocycles. The third-order valence-corrected chi connectivity index (χ3v) is 5.87.